The van der Waals surface area contributed by atoms with Crippen molar-refractivity contribution in [2.45, 2.75) is 6.42 Å². The number of anilines is 1. The van der Waals surface area contributed by atoms with Gasteiger partial charge in [0.1, 0.15) is 11.4 Å². The molecule has 0 atom stereocenters. The van der Waals surface area contributed by atoms with Crippen LogP contribution in [-0.2, 0) is 11.2 Å². The quantitative estimate of drug-likeness (QED) is 0.430. The van der Waals surface area contributed by atoms with Gasteiger partial charge in [0.25, 0.3) is 0 Å². The van der Waals surface area contributed by atoms with Crippen LogP contribution in [0.4, 0.5) is 5.82 Å². The van der Waals surface area contributed by atoms with E-state index < -0.39 is 0 Å². The minimum absolute atomic E-state index is 0.175. The summed E-state index contributed by atoms with van der Waals surface area (Å²) in [6.45, 7) is 0. The van der Waals surface area contributed by atoms with Gasteiger partial charge in [0.15, 0.2) is 5.82 Å². The van der Waals surface area contributed by atoms with E-state index in [9.17, 15) is 4.79 Å². The van der Waals surface area contributed by atoms with E-state index in [2.05, 4.69) is 10.3 Å². The Morgan fingerprint density at radius 3 is 2.32 bits per heavy atom. The molecular weight excluding hydrogens is 410 g/mol. The number of hydrogen-bond acceptors (Lipinski definition) is 4. The van der Waals surface area contributed by atoms with Crippen LogP contribution >= 0.6 is 11.6 Å². The van der Waals surface area contributed by atoms with E-state index in [1.54, 1.807) is 25.4 Å². The first-order valence-corrected chi connectivity index (χ1v) is 10.1. The van der Waals surface area contributed by atoms with Gasteiger partial charge in [0.2, 0.25) is 5.91 Å². The number of ether oxygens (including phenoxy) is 1. The minimum Gasteiger partial charge on any atom is -0.497 e. The molecule has 0 aliphatic heterocycles. The van der Waals surface area contributed by atoms with Crippen molar-refractivity contribution >= 4 is 23.3 Å². The molecule has 3 aromatic carbocycles. The molecule has 154 valence electrons. The number of benzene rings is 3. The average molecular weight is 430 g/mol. The Labute approximate surface area is 185 Å². The normalized spacial score (nSPS) is 10.5. The van der Waals surface area contributed by atoms with E-state index in [1.807, 2.05) is 66.7 Å². The Morgan fingerprint density at radius 2 is 1.65 bits per heavy atom. The van der Waals surface area contributed by atoms with Gasteiger partial charge < -0.3 is 10.1 Å². The van der Waals surface area contributed by atoms with Crippen LogP contribution in [0.5, 0.6) is 5.75 Å². The zero-order valence-electron chi connectivity index (χ0n) is 16.9. The summed E-state index contributed by atoms with van der Waals surface area (Å²) in [5, 5.41) is 3.54. The summed E-state index contributed by atoms with van der Waals surface area (Å²) in [5.41, 5.74) is 3.96. The molecule has 0 aliphatic rings. The number of nitrogens with one attached hydrogen (secondary N) is 1. The SMILES string of the molecule is COc1ccc(-c2cnc(NC(=O)Cc3ccc(Cl)cc3)c(-c3ccccc3)n2)cc1. The highest BCUT2D eigenvalue weighted by Crippen LogP contribution is 2.28. The first-order valence-electron chi connectivity index (χ1n) is 9.73. The molecule has 1 amide bonds. The average Bonchev–Trinajstić information content (AvgIpc) is 2.81. The lowest BCUT2D eigenvalue weighted by Gasteiger charge is -2.12. The van der Waals surface area contributed by atoms with Crippen molar-refractivity contribution in [1.29, 1.82) is 0 Å². The van der Waals surface area contributed by atoms with Crippen LogP contribution in [0.2, 0.25) is 5.02 Å². The maximum absolute atomic E-state index is 12.7. The lowest BCUT2D eigenvalue weighted by molar-refractivity contribution is -0.115. The van der Waals surface area contributed by atoms with Crippen LogP contribution in [0.15, 0.2) is 85.1 Å². The fourth-order valence-corrected chi connectivity index (χ4v) is 3.27. The maximum atomic E-state index is 12.7. The summed E-state index contributed by atoms with van der Waals surface area (Å²) < 4.78 is 5.23. The molecule has 0 saturated carbocycles. The molecule has 0 fully saturated rings. The van der Waals surface area contributed by atoms with Crippen LogP contribution in [0.1, 0.15) is 5.56 Å². The van der Waals surface area contributed by atoms with Gasteiger partial charge in [0.05, 0.1) is 25.4 Å². The second-order valence-electron chi connectivity index (χ2n) is 6.90. The monoisotopic (exact) mass is 429 g/mol. The van der Waals surface area contributed by atoms with E-state index in [4.69, 9.17) is 21.3 Å². The molecule has 0 unspecified atom stereocenters. The van der Waals surface area contributed by atoms with Gasteiger partial charge >= 0.3 is 0 Å². The summed E-state index contributed by atoms with van der Waals surface area (Å²) in [6.07, 6.45) is 1.87. The molecule has 1 aromatic heterocycles. The van der Waals surface area contributed by atoms with E-state index in [0.717, 1.165) is 22.4 Å². The number of carbonyl (C=O) groups is 1. The summed E-state index contributed by atoms with van der Waals surface area (Å²) in [5.74, 6) is 1.01. The summed E-state index contributed by atoms with van der Waals surface area (Å²) in [6, 6.07) is 24.5. The Bertz CT molecular complexity index is 1180. The van der Waals surface area contributed by atoms with Crippen molar-refractivity contribution in [3.63, 3.8) is 0 Å². The zero-order chi connectivity index (χ0) is 21.6. The lowest BCUT2D eigenvalue weighted by Crippen LogP contribution is -2.16. The van der Waals surface area contributed by atoms with Crippen molar-refractivity contribution in [2.75, 3.05) is 12.4 Å². The first kappa shape index (κ1) is 20.6. The van der Waals surface area contributed by atoms with Crippen LogP contribution in [-0.4, -0.2) is 23.0 Å². The Hall–Kier alpha value is -3.70. The van der Waals surface area contributed by atoms with Crippen LogP contribution in [0, 0.1) is 0 Å². The molecule has 0 aliphatic carbocycles. The van der Waals surface area contributed by atoms with E-state index in [1.165, 1.54) is 0 Å². The van der Waals surface area contributed by atoms with Gasteiger partial charge in [0, 0.05) is 16.1 Å². The highest BCUT2D eigenvalue weighted by Gasteiger charge is 2.14. The molecule has 6 heteroatoms. The number of hydrogen-bond donors (Lipinski definition) is 1. The second-order valence-corrected chi connectivity index (χ2v) is 7.33. The van der Waals surface area contributed by atoms with Crippen LogP contribution in [0.3, 0.4) is 0 Å². The Kier molecular flexibility index (Phi) is 6.24. The van der Waals surface area contributed by atoms with Crippen molar-refractivity contribution in [3.8, 4) is 28.3 Å². The van der Waals surface area contributed by atoms with Crippen molar-refractivity contribution in [1.82, 2.24) is 9.97 Å². The smallest absolute Gasteiger partial charge is 0.230 e. The summed E-state index contributed by atoms with van der Waals surface area (Å²) in [4.78, 5) is 22.0. The standard InChI is InChI=1S/C25H20ClN3O2/c1-31-21-13-9-18(10-14-21)22-16-27-25(24(28-22)19-5-3-2-4-6-19)29-23(30)15-17-7-11-20(26)12-8-17/h2-14,16H,15H2,1H3,(H,27,29,30). The molecule has 4 aromatic rings. The molecule has 0 spiro atoms. The third-order valence-electron chi connectivity index (χ3n) is 4.74. The van der Waals surface area contributed by atoms with Gasteiger partial charge in [-0.05, 0) is 42.0 Å². The predicted octanol–water partition coefficient (Wildman–Crippen LogP) is 5.65. The predicted molar refractivity (Wildman–Crippen MR) is 123 cm³/mol. The van der Waals surface area contributed by atoms with Gasteiger partial charge in [-0.25, -0.2) is 9.97 Å². The fourth-order valence-electron chi connectivity index (χ4n) is 3.14. The Morgan fingerprint density at radius 1 is 0.935 bits per heavy atom. The minimum atomic E-state index is -0.175. The number of amides is 1. The zero-order valence-corrected chi connectivity index (χ0v) is 17.6. The highest BCUT2D eigenvalue weighted by molar-refractivity contribution is 6.30. The van der Waals surface area contributed by atoms with Gasteiger partial charge in [-0.1, -0.05) is 54.1 Å². The van der Waals surface area contributed by atoms with Gasteiger partial charge in [-0.2, -0.15) is 0 Å². The summed E-state index contributed by atoms with van der Waals surface area (Å²) >= 11 is 5.92. The molecule has 1 N–H and O–H groups in total. The molecule has 0 radical (unpaired) electrons. The van der Waals surface area contributed by atoms with E-state index >= 15 is 0 Å². The molecule has 4 rings (SSSR count). The molecular formula is C25H20ClN3O2. The fraction of sp³-hybridized carbons (Fsp3) is 0.0800. The van der Waals surface area contributed by atoms with Crippen molar-refractivity contribution in [2.24, 2.45) is 0 Å². The number of nitrogens with zero attached hydrogens (tertiary/aromatic N) is 2. The highest BCUT2D eigenvalue weighted by atomic mass is 35.5. The number of carbonyl (C=O) groups excluding carboxylic acids is 1. The van der Waals surface area contributed by atoms with E-state index in [-0.39, 0.29) is 12.3 Å². The number of halogens is 1. The molecule has 1 heterocycles. The molecule has 5 nitrogen and oxygen atoms in total. The van der Waals surface area contributed by atoms with Gasteiger partial charge in [-0.15, -0.1) is 0 Å². The second kappa shape index (κ2) is 9.41. The van der Waals surface area contributed by atoms with Crippen LogP contribution < -0.4 is 10.1 Å². The largest absolute Gasteiger partial charge is 0.497 e. The third kappa shape index (κ3) is 5.08. The Balaban J connectivity index is 1.64. The lowest BCUT2D eigenvalue weighted by atomic mass is 10.1. The van der Waals surface area contributed by atoms with E-state index in [0.29, 0.717) is 22.2 Å². The third-order valence-corrected chi connectivity index (χ3v) is 4.99. The maximum Gasteiger partial charge on any atom is 0.230 e. The van der Waals surface area contributed by atoms with Crippen molar-refractivity contribution < 1.29 is 9.53 Å². The molecule has 31 heavy (non-hydrogen) atoms. The molecule has 0 bridgehead atoms. The number of rotatable bonds is 6. The number of methoxy groups -OCH3 is 1. The number of aromatic nitrogens is 2. The molecule has 0 saturated heterocycles. The van der Waals surface area contributed by atoms with Crippen molar-refractivity contribution in [3.05, 3.63) is 95.6 Å². The first-order chi connectivity index (χ1) is 15.1. The van der Waals surface area contributed by atoms with Gasteiger partial charge in [-0.3, -0.25) is 4.79 Å². The topological polar surface area (TPSA) is 64.1 Å². The summed E-state index contributed by atoms with van der Waals surface area (Å²) in [7, 11) is 1.63. The van der Waals surface area contributed by atoms with Crippen LogP contribution in [0.25, 0.3) is 22.5 Å².